The minimum absolute atomic E-state index is 0.0156. The topological polar surface area (TPSA) is 83.6 Å². The quantitative estimate of drug-likeness (QED) is 0.761. The van der Waals surface area contributed by atoms with Gasteiger partial charge >= 0.3 is 5.97 Å². The van der Waals surface area contributed by atoms with Gasteiger partial charge < -0.3 is 15.7 Å². The van der Waals surface area contributed by atoms with Crippen molar-refractivity contribution in [3.05, 3.63) is 0 Å². The van der Waals surface area contributed by atoms with Crippen LogP contribution in [0, 0.1) is 23.7 Å². The van der Waals surface area contributed by atoms with Crippen molar-refractivity contribution in [3.63, 3.8) is 0 Å². The number of aliphatic carboxylic acids is 1. The maximum Gasteiger partial charge on any atom is 0.308 e. The molecular weight excluding hydrogens is 232 g/mol. The third-order valence-corrected chi connectivity index (χ3v) is 3.63. The van der Waals surface area contributed by atoms with Crippen LogP contribution in [-0.4, -0.2) is 41.5 Å². The van der Waals surface area contributed by atoms with Crippen LogP contribution in [0.3, 0.4) is 0 Å². The Morgan fingerprint density at radius 1 is 1.39 bits per heavy atom. The van der Waals surface area contributed by atoms with E-state index in [4.69, 9.17) is 10.8 Å². The van der Waals surface area contributed by atoms with E-state index in [1.54, 1.807) is 4.90 Å². The summed E-state index contributed by atoms with van der Waals surface area (Å²) in [6.45, 7) is 7.19. The first-order valence-corrected chi connectivity index (χ1v) is 6.58. The fraction of sp³-hybridized carbons (Fsp3) is 0.846. The molecule has 104 valence electrons. The van der Waals surface area contributed by atoms with E-state index < -0.39 is 11.9 Å². The Kier molecular flexibility index (Phi) is 5.14. The molecule has 1 amide bonds. The van der Waals surface area contributed by atoms with Crippen molar-refractivity contribution in [1.29, 1.82) is 0 Å². The van der Waals surface area contributed by atoms with Crippen LogP contribution >= 0.6 is 0 Å². The third kappa shape index (κ3) is 3.45. The van der Waals surface area contributed by atoms with E-state index in [1.165, 1.54) is 0 Å². The number of likely N-dealkylation sites (tertiary alicyclic amines) is 1. The van der Waals surface area contributed by atoms with Gasteiger partial charge in [0.2, 0.25) is 5.91 Å². The van der Waals surface area contributed by atoms with Gasteiger partial charge in [-0.15, -0.1) is 0 Å². The highest BCUT2D eigenvalue weighted by molar-refractivity contribution is 5.81. The first-order valence-electron chi connectivity index (χ1n) is 6.58. The second kappa shape index (κ2) is 6.18. The summed E-state index contributed by atoms with van der Waals surface area (Å²) in [5.41, 5.74) is 5.65. The Balaban J connectivity index is 2.65. The van der Waals surface area contributed by atoms with E-state index in [1.807, 2.05) is 6.92 Å². The summed E-state index contributed by atoms with van der Waals surface area (Å²) >= 11 is 0. The van der Waals surface area contributed by atoms with Gasteiger partial charge in [-0.3, -0.25) is 9.59 Å². The van der Waals surface area contributed by atoms with Crippen LogP contribution in [-0.2, 0) is 9.59 Å². The average Bonchev–Trinajstić information content (AvgIpc) is 2.67. The standard InChI is InChI=1S/C13H24N2O3/c1-8(2)4-10(5-14)12(16)15-6-9(3)11(7-15)13(17)18/h8-11H,4-7,14H2,1-3H3,(H,17,18). The zero-order valence-electron chi connectivity index (χ0n) is 11.4. The van der Waals surface area contributed by atoms with Crippen molar-refractivity contribution in [1.82, 2.24) is 4.90 Å². The molecular formula is C13H24N2O3. The molecule has 0 aromatic carbocycles. The Morgan fingerprint density at radius 2 is 2.00 bits per heavy atom. The monoisotopic (exact) mass is 256 g/mol. The van der Waals surface area contributed by atoms with E-state index >= 15 is 0 Å². The van der Waals surface area contributed by atoms with Gasteiger partial charge in [0.1, 0.15) is 0 Å². The Hall–Kier alpha value is -1.10. The van der Waals surface area contributed by atoms with Gasteiger partial charge in [-0.2, -0.15) is 0 Å². The minimum atomic E-state index is -0.814. The lowest BCUT2D eigenvalue weighted by molar-refractivity contribution is -0.142. The van der Waals surface area contributed by atoms with E-state index in [0.29, 0.717) is 25.6 Å². The summed E-state index contributed by atoms with van der Waals surface area (Å²) < 4.78 is 0. The van der Waals surface area contributed by atoms with E-state index in [0.717, 1.165) is 6.42 Å². The van der Waals surface area contributed by atoms with Gasteiger partial charge in [0.25, 0.3) is 0 Å². The molecule has 5 heteroatoms. The van der Waals surface area contributed by atoms with Crippen LogP contribution in [0.15, 0.2) is 0 Å². The van der Waals surface area contributed by atoms with Gasteiger partial charge in [0.15, 0.2) is 0 Å². The number of hydrogen-bond donors (Lipinski definition) is 2. The third-order valence-electron chi connectivity index (χ3n) is 3.63. The number of amides is 1. The van der Waals surface area contributed by atoms with Crippen molar-refractivity contribution in [2.75, 3.05) is 19.6 Å². The number of nitrogens with two attached hydrogens (primary N) is 1. The van der Waals surface area contributed by atoms with E-state index in [2.05, 4.69) is 13.8 Å². The molecule has 0 aromatic rings. The summed E-state index contributed by atoms with van der Waals surface area (Å²) in [7, 11) is 0. The van der Waals surface area contributed by atoms with Crippen LogP contribution < -0.4 is 5.73 Å². The predicted octanol–water partition coefficient (Wildman–Crippen LogP) is 0.787. The summed E-state index contributed by atoms with van der Waals surface area (Å²) in [5, 5.41) is 9.06. The summed E-state index contributed by atoms with van der Waals surface area (Å²) in [6.07, 6.45) is 0.762. The molecule has 3 atom stereocenters. The predicted molar refractivity (Wildman–Crippen MR) is 68.9 cm³/mol. The number of carboxylic acids is 1. The lowest BCUT2D eigenvalue weighted by Gasteiger charge is -2.23. The molecule has 1 rings (SSSR count). The second-order valence-corrected chi connectivity index (χ2v) is 5.73. The molecule has 1 aliphatic rings. The Morgan fingerprint density at radius 3 is 2.39 bits per heavy atom. The summed E-state index contributed by atoms with van der Waals surface area (Å²) in [4.78, 5) is 25.0. The number of carboxylic acid groups (broad SMARTS) is 1. The number of rotatable bonds is 5. The van der Waals surface area contributed by atoms with E-state index in [-0.39, 0.29) is 17.7 Å². The molecule has 5 nitrogen and oxygen atoms in total. The molecule has 1 saturated heterocycles. The van der Waals surface area contributed by atoms with Crippen molar-refractivity contribution >= 4 is 11.9 Å². The van der Waals surface area contributed by atoms with Gasteiger partial charge in [-0.05, 0) is 18.3 Å². The molecule has 0 saturated carbocycles. The van der Waals surface area contributed by atoms with Crippen molar-refractivity contribution in [2.24, 2.45) is 29.4 Å². The first-order chi connectivity index (χ1) is 8.36. The first kappa shape index (κ1) is 15.0. The number of carbonyl (C=O) groups is 2. The molecule has 18 heavy (non-hydrogen) atoms. The van der Waals surface area contributed by atoms with Gasteiger partial charge in [0.05, 0.1) is 11.8 Å². The minimum Gasteiger partial charge on any atom is -0.481 e. The molecule has 0 aliphatic carbocycles. The van der Waals surface area contributed by atoms with Crippen molar-refractivity contribution in [3.8, 4) is 0 Å². The van der Waals surface area contributed by atoms with E-state index in [9.17, 15) is 9.59 Å². The van der Waals surface area contributed by atoms with Crippen molar-refractivity contribution < 1.29 is 14.7 Å². The second-order valence-electron chi connectivity index (χ2n) is 5.73. The SMILES string of the molecule is CC(C)CC(CN)C(=O)N1CC(C)C(C(=O)O)C1. The average molecular weight is 256 g/mol. The summed E-state index contributed by atoms with van der Waals surface area (Å²) in [6, 6.07) is 0. The van der Waals surface area contributed by atoms with Crippen LogP contribution in [0.4, 0.5) is 0 Å². The Bertz CT molecular complexity index is 317. The zero-order valence-corrected chi connectivity index (χ0v) is 11.4. The van der Waals surface area contributed by atoms with Crippen LogP contribution in [0.1, 0.15) is 27.2 Å². The highest BCUT2D eigenvalue weighted by Gasteiger charge is 2.38. The summed E-state index contributed by atoms with van der Waals surface area (Å²) in [5.74, 6) is -0.981. The molecule has 1 fully saturated rings. The fourth-order valence-corrected chi connectivity index (χ4v) is 2.59. The van der Waals surface area contributed by atoms with Crippen molar-refractivity contribution in [2.45, 2.75) is 27.2 Å². The van der Waals surface area contributed by atoms with Gasteiger partial charge in [-0.1, -0.05) is 20.8 Å². The maximum atomic E-state index is 12.3. The molecule has 0 aromatic heterocycles. The molecule has 1 aliphatic heterocycles. The van der Waals surface area contributed by atoms with Crippen LogP contribution in [0.25, 0.3) is 0 Å². The Labute approximate surface area is 108 Å². The lowest BCUT2D eigenvalue weighted by Crippen LogP contribution is -2.39. The molecule has 1 heterocycles. The van der Waals surface area contributed by atoms with Crippen LogP contribution in [0.2, 0.25) is 0 Å². The smallest absolute Gasteiger partial charge is 0.308 e. The normalized spacial score (nSPS) is 25.5. The molecule has 0 spiro atoms. The molecule has 0 bridgehead atoms. The number of carbonyl (C=O) groups excluding carboxylic acids is 1. The molecule has 3 unspecified atom stereocenters. The number of hydrogen-bond acceptors (Lipinski definition) is 3. The zero-order chi connectivity index (χ0) is 13.9. The van der Waals surface area contributed by atoms with Gasteiger partial charge in [0, 0.05) is 19.6 Å². The molecule has 0 radical (unpaired) electrons. The number of nitrogens with zero attached hydrogens (tertiary/aromatic N) is 1. The van der Waals surface area contributed by atoms with Gasteiger partial charge in [-0.25, -0.2) is 0 Å². The highest BCUT2D eigenvalue weighted by Crippen LogP contribution is 2.25. The molecule has 3 N–H and O–H groups in total. The van der Waals surface area contributed by atoms with Crippen LogP contribution in [0.5, 0.6) is 0 Å². The highest BCUT2D eigenvalue weighted by atomic mass is 16.4. The fourth-order valence-electron chi connectivity index (χ4n) is 2.59. The maximum absolute atomic E-state index is 12.3. The largest absolute Gasteiger partial charge is 0.481 e. The lowest BCUT2D eigenvalue weighted by atomic mass is 9.96.